The van der Waals surface area contributed by atoms with Gasteiger partial charge >= 0.3 is 0 Å². The summed E-state index contributed by atoms with van der Waals surface area (Å²) < 4.78 is 0. The Bertz CT molecular complexity index is 75.7. The van der Waals surface area contributed by atoms with Gasteiger partial charge in [-0.2, -0.15) is 0 Å². The Labute approximate surface area is 63.4 Å². The molecule has 0 aromatic heterocycles. The van der Waals surface area contributed by atoms with Gasteiger partial charge < -0.3 is 10.8 Å². The molecule has 0 aliphatic heterocycles. The Morgan fingerprint density at radius 2 is 1.90 bits per heavy atom. The van der Waals surface area contributed by atoms with Crippen LogP contribution in [0.2, 0.25) is 0 Å². The van der Waals surface area contributed by atoms with E-state index in [0.29, 0.717) is 5.92 Å². The van der Waals surface area contributed by atoms with E-state index in [-0.39, 0.29) is 12.6 Å². The third-order valence-electron chi connectivity index (χ3n) is 2.10. The molecule has 2 unspecified atom stereocenters. The van der Waals surface area contributed by atoms with Crippen molar-refractivity contribution in [3.63, 3.8) is 0 Å². The number of aliphatic hydroxyl groups is 1. The van der Waals surface area contributed by atoms with Gasteiger partial charge in [0, 0.05) is 12.6 Å². The van der Waals surface area contributed by atoms with E-state index in [1.807, 2.05) is 0 Å². The van der Waals surface area contributed by atoms with Crippen molar-refractivity contribution in [3.8, 4) is 0 Å². The standard InChI is InChI=1S/C8H19NO/c1-3-7(5-6-10)8(9)4-2/h7-8,10H,3-6,9H2,1-2H3. The maximum absolute atomic E-state index is 8.66. The van der Waals surface area contributed by atoms with E-state index in [1.54, 1.807) is 0 Å². The lowest BCUT2D eigenvalue weighted by atomic mass is 9.93. The zero-order valence-electron chi connectivity index (χ0n) is 7.01. The summed E-state index contributed by atoms with van der Waals surface area (Å²) in [4.78, 5) is 0. The van der Waals surface area contributed by atoms with Gasteiger partial charge in [0.25, 0.3) is 0 Å². The molecule has 0 aliphatic rings. The van der Waals surface area contributed by atoms with Crippen LogP contribution in [0.15, 0.2) is 0 Å². The first-order valence-corrected chi connectivity index (χ1v) is 4.12. The fourth-order valence-corrected chi connectivity index (χ4v) is 1.22. The first-order valence-electron chi connectivity index (χ1n) is 4.12. The van der Waals surface area contributed by atoms with Crippen molar-refractivity contribution < 1.29 is 5.11 Å². The molecule has 0 saturated heterocycles. The van der Waals surface area contributed by atoms with Crippen molar-refractivity contribution in [2.75, 3.05) is 6.61 Å². The smallest absolute Gasteiger partial charge is 0.0434 e. The molecular weight excluding hydrogens is 126 g/mol. The highest BCUT2D eigenvalue weighted by Gasteiger charge is 2.12. The summed E-state index contributed by atoms with van der Waals surface area (Å²) in [5, 5.41) is 8.66. The largest absolute Gasteiger partial charge is 0.396 e. The topological polar surface area (TPSA) is 46.2 Å². The van der Waals surface area contributed by atoms with Crippen LogP contribution in [0.1, 0.15) is 33.1 Å². The number of nitrogens with two attached hydrogens (primary N) is 1. The lowest BCUT2D eigenvalue weighted by Gasteiger charge is -2.19. The van der Waals surface area contributed by atoms with Crippen molar-refractivity contribution in [3.05, 3.63) is 0 Å². The van der Waals surface area contributed by atoms with E-state index in [4.69, 9.17) is 10.8 Å². The van der Waals surface area contributed by atoms with Gasteiger partial charge in [-0.1, -0.05) is 20.3 Å². The molecule has 0 radical (unpaired) electrons. The molecule has 0 heterocycles. The van der Waals surface area contributed by atoms with Crippen LogP contribution in [0.25, 0.3) is 0 Å². The molecule has 0 rings (SSSR count). The summed E-state index contributed by atoms with van der Waals surface area (Å²) in [5.74, 6) is 0.509. The maximum Gasteiger partial charge on any atom is 0.0434 e. The minimum absolute atomic E-state index is 0.270. The second-order valence-electron chi connectivity index (χ2n) is 2.75. The van der Waals surface area contributed by atoms with E-state index in [1.165, 1.54) is 0 Å². The second kappa shape index (κ2) is 5.69. The molecule has 3 N–H and O–H groups in total. The second-order valence-corrected chi connectivity index (χ2v) is 2.75. The summed E-state index contributed by atoms with van der Waals surface area (Å²) >= 11 is 0. The molecule has 62 valence electrons. The molecule has 2 atom stereocenters. The summed E-state index contributed by atoms with van der Waals surface area (Å²) in [6, 6.07) is 0.275. The Morgan fingerprint density at radius 1 is 1.30 bits per heavy atom. The van der Waals surface area contributed by atoms with Crippen LogP contribution >= 0.6 is 0 Å². The van der Waals surface area contributed by atoms with E-state index in [9.17, 15) is 0 Å². The van der Waals surface area contributed by atoms with E-state index in [0.717, 1.165) is 19.3 Å². The third kappa shape index (κ3) is 3.18. The fraction of sp³-hybridized carbons (Fsp3) is 1.00. The minimum atomic E-state index is 0.270. The average Bonchev–Trinajstić information content (AvgIpc) is 1.99. The van der Waals surface area contributed by atoms with Gasteiger partial charge in [0.1, 0.15) is 0 Å². The average molecular weight is 145 g/mol. The van der Waals surface area contributed by atoms with Crippen LogP contribution < -0.4 is 5.73 Å². The van der Waals surface area contributed by atoms with Gasteiger partial charge in [0.15, 0.2) is 0 Å². The van der Waals surface area contributed by atoms with Gasteiger partial charge in [-0.3, -0.25) is 0 Å². The van der Waals surface area contributed by atoms with Crippen LogP contribution in [-0.4, -0.2) is 17.8 Å². The van der Waals surface area contributed by atoms with Gasteiger partial charge in [0.2, 0.25) is 0 Å². The zero-order valence-corrected chi connectivity index (χ0v) is 7.01. The SMILES string of the molecule is CCC(N)C(CC)CCO. The van der Waals surface area contributed by atoms with Crippen molar-refractivity contribution >= 4 is 0 Å². The Balaban J connectivity index is 3.56. The lowest BCUT2D eigenvalue weighted by Crippen LogP contribution is -2.29. The Hall–Kier alpha value is -0.0800. The fourth-order valence-electron chi connectivity index (χ4n) is 1.22. The predicted octanol–water partition coefficient (Wildman–Crippen LogP) is 1.13. The summed E-state index contributed by atoms with van der Waals surface area (Å²) in [5.41, 5.74) is 5.80. The van der Waals surface area contributed by atoms with Crippen molar-refractivity contribution in [1.29, 1.82) is 0 Å². The molecule has 0 aromatic carbocycles. The maximum atomic E-state index is 8.66. The summed E-state index contributed by atoms with van der Waals surface area (Å²) in [6.07, 6.45) is 2.94. The van der Waals surface area contributed by atoms with Crippen LogP contribution in [0.4, 0.5) is 0 Å². The van der Waals surface area contributed by atoms with Crippen molar-refractivity contribution in [2.24, 2.45) is 11.7 Å². The van der Waals surface area contributed by atoms with Gasteiger partial charge in [-0.15, -0.1) is 0 Å². The predicted molar refractivity (Wildman–Crippen MR) is 43.8 cm³/mol. The minimum Gasteiger partial charge on any atom is -0.396 e. The van der Waals surface area contributed by atoms with Gasteiger partial charge in [-0.25, -0.2) is 0 Å². The summed E-state index contributed by atoms with van der Waals surface area (Å²) in [7, 11) is 0. The lowest BCUT2D eigenvalue weighted by molar-refractivity contribution is 0.237. The quantitative estimate of drug-likeness (QED) is 0.609. The third-order valence-corrected chi connectivity index (χ3v) is 2.10. The van der Waals surface area contributed by atoms with Crippen molar-refractivity contribution in [2.45, 2.75) is 39.2 Å². The summed E-state index contributed by atoms with van der Waals surface area (Å²) in [6.45, 7) is 4.48. The zero-order chi connectivity index (χ0) is 7.98. The first-order chi connectivity index (χ1) is 4.76. The molecule has 2 nitrogen and oxygen atoms in total. The molecule has 0 amide bonds. The van der Waals surface area contributed by atoms with Crippen LogP contribution in [0, 0.1) is 5.92 Å². The Kier molecular flexibility index (Phi) is 5.64. The normalized spacial score (nSPS) is 16.8. The van der Waals surface area contributed by atoms with Gasteiger partial charge in [-0.05, 0) is 18.8 Å². The Morgan fingerprint density at radius 3 is 2.20 bits per heavy atom. The highest BCUT2D eigenvalue weighted by molar-refractivity contribution is 4.69. The monoisotopic (exact) mass is 145 g/mol. The van der Waals surface area contributed by atoms with Gasteiger partial charge in [0.05, 0.1) is 0 Å². The molecule has 2 heteroatoms. The van der Waals surface area contributed by atoms with Crippen LogP contribution in [0.5, 0.6) is 0 Å². The molecule has 0 spiro atoms. The molecule has 0 saturated carbocycles. The molecule has 0 fully saturated rings. The molecule has 0 bridgehead atoms. The molecule has 0 aromatic rings. The highest BCUT2D eigenvalue weighted by atomic mass is 16.3. The first kappa shape index (κ1) is 9.92. The molecular formula is C8H19NO. The van der Waals surface area contributed by atoms with Crippen LogP contribution in [0.3, 0.4) is 0 Å². The molecule has 10 heavy (non-hydrogen) atoms. The number of rotatable bonds is 5. The van der Waals surface area contributed by atoms with E-state index < -0.39 is 0 Å². The van der Waals surface area contributed by atoms with E-state index in [2.05, 4.69) is 13.8 Å². The number of hydrogen-bond donors (Lipinski definition) is 2. The van der Waals surface area contributed by atoms with E-state index >= 15 is 0 Å². The van der Waals surface area contributed by atoms with Crippen molar-refractivity contribution in [1.82, 2.24) is 0 Å². The molecule has 0 aliphatic carbocycles. The van der Waals surface area contributed by atoms with Crippen LogP contribution in [-0.2, 0) is 0 Å². The highest BCUT2D eigenvalue weighted by Crippen LogP contribution is 2.13. The number of aliphatic hydroxyl groups excluding tert-OH is 1. The number of hydrogen-bond acceptors (Lipinski definition) is 2.